The molecule has 1 aliphatic carbocycles. The molecule has 76 valence electrons. The van der Waals surface area contributed by atoms with Crippen molar-refractivity contribution < 1.29 is 9.59 Å². The smallest absolute Gasteiger partial charge is 0.235 e. The molecule has 0 bridgehead atoms. The second kappa shape index (κ2) is 3.93. The first kappa shape index (κ1) is 9.41. The first-order chi connectivity index (χ1) is 6.81. The molecule has 0 aromatic heterocycles. The molecule has 0 radical (unpaired) electrons. The average molecular weight is 194 g/mol. The van der Waals surface area contributed by atoms with Gasteiger partial charge in [-0.15, -0.1) is 0 Å². The minimum Gasteiger partial charge on any atom is -0.337 e. The third-order valence-corrected chi connectivity index (χ3v) is 3.14. The summed E-state index contributed by atoms with van der Waals surface area (Å²) in [6.07, 6.45) is 6.60. The van der Waals surface area contributed by atoms with Crippen LogP contribution in [0.3, 0.4) is 0 Å². The van der Waals surface area contributed by atoms with Crippen molar-refractivity contribution in [1.29, 1.82) is 0 Å². The zero-order valence-electron chi connectivity index (χ0n) is 8.11. The number of likely N-dealkylation sites (tertiary alicyclic amines) is 1. The van der Waals surface area contributed by atoms with Gasteiger partial charge in [0, 0.05) is 12.6 Å². The summed E-state index contributed by atoms with van der Waals surface area (Å²) in [6, 6.07) is 0.273. The van der Waals surface area contributed by atoms with Gasteiger partial charge in [-0.25, -0.2) is 9.79 Å². The lowest BCUT2D eigenvalue weighted by molar-refractivity contribution is -0.129. The molecular formula is C10H14N2O2. The molecule has 4 heteroatoms. The Kier molecular flexibility index (Phi) is 2.64. The summed E-state index contributed by atoms with van der Waals surface area (Å²) in [7, 11) is 0. The van der Waals surface area contributed by atoms with Crippen molar-refractivity contribution >= 4 is 12.0 Å². The van der Waals surface area contributed by atoms with E-state index in [1.54, 1.807) is 0 Å². The number of amides is 1. The molecule has 0 aromatic carbocycles. The molecule has 1 aliphatic heterocycles. The van der Waals surface area contributed by atoms with Gasteiger partial charge in [-0.2, -0.15) is 0 Å². The third-order valence-electron chi connectivity index (χ3n) is 3.14. The van der Waals surface area contributed by atoms with Crippen molar-refractivity contribution in [3.05, 3.63) is 0 Å². The van der Waals surface area contributed by atoms with E-state index >= 15 is 0 Å². The Labute approximate surface area is 83.0 Å². The molecule has 1 atom stereocenters. The monoisotopic (exact) mass is 194 g/mol. The SMILES string of the molecule is O=C=NC1CC(=O)N(C2CCCC2)C1. The summed E-state index contributed by atoms with van der Waals surface area (Å²) in [5.74, 6) is 0.154. The quantitative estimate of drug-likeness (QED) is 0.483. The van der Waals surface area contributed by atoms with Gasteiger partial charge in [-0.05, 0) is 12.8 Å². The maximum atomic E-state index is 11.6. The van der Waals surface area contributed by atoms with E-state index < -0.39 is 0 Å². The molecule has 1 saturated heterocycles. The van der Waals surface area contributed by atoms with Gasteiger partial charge in [0.15, 0.2) is 0 Å². The highest BCUT2D eigenvalue weighted by Gasteiger charge is 2.35. The van der Waals surface area contributed by atoms with Crippen LogP contribution in [0.15, 0.2) is 4.99 Å². The zero-order chi connectivity index (χ0) is 9.97. The number of aliphatic imine (C=N–C) groups is 1. The van der Waals surface area contributed by atoms with Crippen molar-refractivity contribution in [2.75, 3.05) is 6.54 Å². The van der Waals surface area contributed by atoms with E-state index in [9.17, 15) is 9.59 Å². The fraction of sp³-hybridized carbons (Fsp3) is 0.800. The van der Waals surface area contributed by atoms with E-state index in [1.165, 1.54) is 18.9 Å². The van der Waals surface area contributed by atoms with Crippen LogP contribution in [0, 0.1) is 0 Å². The van der Waals surface area contributed by atoms with Crippen LogP contribution in [-0.2, 0) is 9.59 Å². The number of hydrogen-bond donors (Lipinski definition) is 0. The number of hydrogen-bond acceptors (Lipinski definition) is 3. The second-order valence-corrected chi connectivity index (χ2v) is 4.06. The van der Waals surface area contributed by atoms with Gasteiger partial charge in [-0.3, -0.25) is 4.79 Å². The van der Waals surface area contributed by atoms with Crippen molar-refractivity contribution in [3.63, 3.8) is 0 Å². The van der Waals surface area contributed by atoms with Crippen LogP contribution in [0.2, 0.25) is 0 Å². The molecule has 1 amide bonds. The summed E-state index contributed by atoms with van der Waals surface area (Å²) >= 11 is 0. The lowest BCUT2D eigenvalue weighted by Crippen LogP contribution is -2.34. The van der Waals surface area contributed by atoms with Crippen molar-refractivity contribution in [1.82, 2.24) is 4.90 Å². The predicted octanol–water partition coefficient (Wildman–Crippen LogP) is 0.866. The van der Waals surface area contributed by atoms with Crippen LogP contribution < -0.4 is 0 Å². The maximum absolute atomic E-state index is 11.6. The topological polar surface area (TPSA) is 49.7 Å². The van der Waals surface area contributed by atoms with E-state index in [1.807, 2.05) is 4.90 Å². The molecule has 1 saturated carbocycles. The molecule has 14 heavy (non-hydrogen) atoms. The fourth-order valence-corrected chi connectivity index (χ4v) is 2.44. The van der Waals surface area contributed by atoms with Crippen molar-refractivity contribution in [2.45, 2.75) is 44.2 Å². The molecule has 2 rings (SSSR count). The van der Waals surface area contributed by atoms with E-state index in [-0.39, 0.29) is 11.9 Å². The molecule has 0 spiro atoms. The van der Waals surface area contributed by atoms with E-state index in [2.05, 4.69) is 4.99 Å². The Morgan fingerprint density at radius 1 is 1.36 bits per heavy atom. The number of nitrogens with zero attached hydrogens (tertiary/aromatic N) is 2. The van der Waals surface area contributed by atoms with Gasteiger partial charge >= 0.3 is 0 Å². The third kappa shape index (κ3) is 1.70. The van der Waals surface area contributed by atoms with Crippen LogP contribution in [0.1, 0.15) is 32.1 Å². The van der Waals surface area contributed by atoms with Gasteiger partial charge in [0.1, 0.15) is 0 Å². The van der Waals surface area contributed by atoms with Gasteiger partial charge in [0.2, 0.25) is 12.0 Å². The number of rotatable bonds is 2. The van der Waals surface area contributed by atoms with Crippen LogP contribution in [0.4, 0.5) is 0 Å². The molecule has 1 unspecified atom stereocenters. The Bertz CT molecular complexity index is 278. The Hall–Kier alpha value is -1.15. The van der Waals surface area contributed by atoms with E-state index in [0.29, 0.717) is 19.0 Å². The van der Waals surface area contributed by atoms with Crippen LogP contribution in [0.25, 0.3) is 0 Å². The van der Waals surface area contributed by atoms with Crippen LogP contribution in [-0.4, -0.2) is 35.5 Å². The summed E-state index contributed by atoms with van der Waals surface area (Å²) in [5, 5.41) is 0. The molecule has 0 aromatic rings. The maximum Gasteiger partial charge on any atom is 0.235 e. The molecule has 0 N–H and O–H groups in total. The standard InChI is InChI=1S/C10H14N2O2/c13-7-11-8-5-10(14)12(6-8)9-3-1-2-4-9/h8-9H,1-6H2. The van der Waals surface area contributed by atoms with Gasteiger partial charge < -0.3 is 4.90 Å². The highest BCUT2D eigenvalue weighted by atomic mass is 16.2. The minimum atomic E-state index is -0.138. The Balaban J connectivity index is 1.99. The number of isocyanates is 1. The second-order valence-electron chi connectivity index (χ2n) is 4.06. The Morgan fingerprint density at radius 3 is 2.71 bits per heavy atom. The first-order valence-corrected chi connectivity index (χ1v) is 5.17. The first-order valence-electron chi connectivity index (χ1n) is 5.17. The minimum absolute atomic E-state index is 0.138. The Morgan fingerprint density at radius 2 is 2.07 bits per heavy atom. The lowest BCUT2D eigenvalue weighted by Gasteiger charge is -2.23. The van der Waals surface area contributed by atoms with Gasteiger partial charge in [-0.1, -0.05) is 12.8 Å². The normalized spacial score (nSPS) is 28.1. The predicted molar refractivity (Wildman–Crippen MR) is 50.5 cm³/mol. The molecule has 2 fully saturated rings. The van der Waals surface area contributed by atoms with E-state index in [0.717, 1.165) is 12.8 Å². The van der Waals surface area contributed by atoms with Crippen molar-refractivity contribution in [3.8, 4) is 0 Å². The molecule has 4 nitrogen and oxygen atoms in total. The lowest BCUT2D eigenvalue weighted by atomic mass is 10.2. The summed E-state index contributed by atoms with van der Waals surface area (Å²) in [4.78, 5) is 27.2. The van der Waals surface area contributed by atoms with Gasteiger partial charge in [0.05, 0.1) is 12.5 Å². The van der Waals surface area contributed by atoms with Gasteiger partial charge in [0.25, 0.3) is 0 Å². The molecular weight excluding hydrogens is 180 g/mol. The largest absolute Gasteiger partial charge is 0.337 e. The summed E-state index contributed by atoms with van der Waals surface area (Å²) in [5.41, 5.74) is 0. The van der Waals surface area contributed by atoms with Crippen LogP contribution >= 0.6 is 0 Å². The molecule has 1 heterocycles. The van der Waals surface area contributed by atoms with E-state index in [4.69, 9.17) is 0 Å². The van der Waals surface area contributed by atoms with Crippen molar-refractivity contribution in [2.24, 2.45) is 4.99 Å². The highest BCUT2D eigenvalue weighted by Crippen LogP contribution is 2.27. The summed E-state index contributed by atoms with van der Waals surface area (Å²) in [6.45, 7) is 0.624. The highest BCUT2D eigenvalue weighted by molar-refractivity contribution is 5.79. The number of carbonyl (C=O) groups excluding carboxylic acids is 2. The average Bonchev–Trinajstić information content (AvgIpc) is 2.74. The zero-order valence-corrected chi connectivity index (χ0v) is 8.11. The fourth-order valence-electron chi connectivity index (χ4n) is 2.44. The molecule has 2 aliphatic rings. The number of carbonyl (C=O) groups is 1. The summed E-state index contributed by atoms with van der Waals surface area (Å²) < 4.78 is 0. The van der Waals surface area contributed by atoms with Crippen LogP contribution in [0.5, 0.6) is 0 Å².